The molecule has 0 radical (unpaired) electrons. The summed E-state index contributed by atoms with van der Waals surface area (Å²) in [7, 11) is 1.82. The van der Waals surface area contributed by atoms with E-state index >= 15 is 0 Å². The number of nitrogens with one attached hydrogen (secondary N) is 3. The quantitative estimate of drug-likeness (QED) is 0.536. The molecule has 4 atom stereocenters. The van der Waals surface area contributed by atoms with E-state index in [0.717, 1.165) is 50.1 Å². The van der Waals surface area contributed by atoms with Crippen LogP contribution in [0.4, 0.5) is 0 Å². The van der Waals surface area contributed by atoms with Gasteiger partial charge in [0.15, 0.2) is 0 Å². The second-order valence-corrected chi connectivity index (χ2v) is 11.0. The molecule has 4 rings (SSSR count). The van der Waals surface area contributed by atoms with E-state index in [1.165, 1.54) is 0 Å². The van der Waals surface area contributed by atoms with Crippen molar-refractivity contribution in [3.05, 3.63) is 0 Å². The van der Waals surface area contributed by atoms with Crippen LogP contribution in [0.2, 0.25) is 0 Å². The first-order chi connectivity index (χ1) is 15.0. The monoisotopic (exact) mass is 447 g/mol. The van der Waals surface area contributed by atoms with Crippen LogP contribution in [-0.2, 0) is 14.4 Å². The third-order valence-electron chi connectivity index (χ3n) is 7.00. The predicted molar refractivity (Wildman–Crippen MR) is 123 cm³/mol. The summed E-state index contributed by atoms with van der Waals surface area (Å²) in [5.74, 6) is 2.54. The first-order valence-electron chi connectivity index (χ1n) is 11.8. The highest BCUT2D eigenvalue weighted by atomic mass is 16.2. The lowest BCUT2D eigenvalue weighted by molar-refractivity contribution is -0.130. The minimum atomic E-state index is -0.549. The molecule has 8 heteroatoms. The Morgan fingerprint density at radius 2 is 1.84 bits per heavy atom. The number of likely N-dealkylation sites (N-methyl/N-ethyl adjacent to an activating group) is 1. The summed E-state index contributed by atoms with van der Waals surface area (Å²) in [6.07, 6.45) is 3.84. The van der Waals surface area contributed by atoms with Crippen LogP contribution in [0.5, 0.6) is 0 Å². The van der Waals surface area contributed by atoms with E-state index in [4.69, 9.17) is 5.26 Å². The number of likely N-dealkylation sites (tertiary alicyclic amines) is 1. The summed E-state index contributed by atoms with van der Waals surface area (Å²) in [4.78, 5) is 35.2. The third kappa shape index (κ3) is 6.68. The van der Waals surface area contributed by atoms with Crippen LogP contribution in [0.25, 0.3) is 0 Å². The van der Waals surface area contributed by atoms with Crippen molar-refractivity contribution in [1.29, 1.82) is 5.26 Å². The number of carbonyl (C=O) groups is 3. The maximum absolute atomic E-state index is 11.5. The number of nitriles is 1. The molecule has 1 spiro atoms. The number of hydrogen-bond acceptors (Lipinski definition) is 5. The highest BCUT2D eigenvalue weighted by Crippen LogP contribution is 2.61. The van der Waals surface area contributed by atoms with Gasteiger partial charge < -0.3 is 20.9 Å². The summed E-state index contributed by atoms with van der Waals surface area (Å²) in [6, 6.07) is 1.43. The van der Waals surface area contributed by atoms with Gasteiger partial charge in [0, 0.05) is 24.5 Å². The number of amides is 3. The lowest BCUT2D eigenvalue weighted by Crippen LogP contribution is -2.38. The van der Waals surface area contributed by atoms with Crippen molar-refractivity contribution in [3.63, 3.8) is 0 Å². The van der Waals surface area contributed by atoms with E-state index in [1.807, 2.05) is 18.0 Å². The van der Waals surface area contributed by atoms with Gasteiger partial charge in [0.2, 0.25) is 18.2 Å². The number of nitrogens with zero attached hydrogens (tertiary/aromatic N) is 2. The summed E-state index contributed by atoms with van der Waals surface area (Å²) in [6.45, 7) is 13.6. The molecule has 4 fully saturated rings. The summed E-state index contributed by atoms with van der Waals surface area (Å²) < 4.78 is 0. The molecule has 2 saturated heterocycles. The molecular formula is C24H41N5O3. The number of piperidine rings is 1. The first kappa shape index (κ1) is 26.1. The van der Waals surface area contributed by atoms with E-state index in [-0.39, 0.29) is 23.3 Å². The third-order valence-corrected chi connectivity index (χ3v) is 7.00. The Labute approximate surface area is 192 Å². The molecular weight excluding hydrogens is 406 g/mol. The molecule has 0 aromatic carbocycles. The molecule has 8 nitrogen and oxygen atoms in total. The molecule has 3 N–H and O–H groups in total. The molecule has 0 aromatic rings. The molecule has 3 amide bonds. The zero-order valence-corrected chi connectivity index (χ0v) is 20.5. The van der Waals surface area contributed by atoms with E-state index in [2.05, 4.69) is 50.6 Å². The summed E-state index contributed by atoms with van der Waals surface area (Å²) in [5, 5.41) is 17.0. The number of fused-ring (bicyclic) bond motifs is 1. The minimum absolute atomic E-state index is 0.0282. The number of hydrogen-bond donors (Lipinski definition) is 3. The van der Waals surface area contributed by atoms with Gasteiger partial charge in [0.05, 0.1) is 12.6 Å². The smallest absolute Gasteiger partial charge is 0.236 e. The number of carbonyl (C=O) groups excluding carboxylic acids is 3. The Kier molecular flexibility index (Phi) is 8.69. The van der Waals surface area contributed by atoms with Gasteiger partial charge in [-0.05, 0) is 55.9 Å². The molecule has 0 aromatic heterocycles. The Morgan fingerprint density at radius 3 is 2.25 bits per heavy atom. The first-order valence-corrected chi connectivity index (χ1v) is 11.8. The van der Waals surface area contributed by atoms with E-state index in [1.54, 1.807) is 0 Å². The zero-order chi connectivity index (χ0) is 24.1. The van der Waals surface area contributed by atoms with Gasteiger partial charge in [0.25, 0.3) is 0 Å². The SMILES string of the molecule is CC(C)C.CNCC(=O)N1CC2C(C1)C2(C)C.N#CC(CC1CC2(CC2)NC1=O)NC=O. The van der Waals surface area contributed by atoms with Crippen LogP contribution in [-0.4, -0.2) is 61.4 Å². The lowest BCUT2D eigenvalue weighted by Gasteiger charge is -2.21. The standard InChI is InChI=1S/C10H13N3O2.C10H18N2O.C4H10/c11-5-8(12-6-14)3-7-4-10(1-2-10)13-9(7)15;1-10(2)7-5-12(6-8(7)10)9(13)4-11-3;1-4(2)3/h6-8H,1-4H2,(H,12,14)(H,13,15);7-8,11H,4-6H2,1-3H3;4H,1-3H3. The van der Waals surface area contributed by atoms with Crippen molar-refractivity contribution < 1.29 is 14.4 Å². The maximum Gasteiger partial charge on any atom is 0.236 e. The number of rotatable bonds is 6. The van der Waals surface area contributed by atoms with Crippen molar-refractivity contribution in [2.75, 3.05) is 26.7 Å². The highest BCUT2D eigenvalue weighted by molar-refractivity contribution is 5.83. The molecule has 0 bridgehead atoms. The van der Waals surface area contributed by atoms with E-state index in [0.29, 0.717) is 24.8 Å². The van der Waals surface area contributed by atoms with Gasteiger partial charge in [-0.15, -0.1) is 0 Å². The fourth-order valence-electron chi connectivity index (χ4n) is 4.77. The van der Waals surface area contributed by atoms with Crippen molar-refractivity contribution in [1.82, 2.24) is 20.9 Å². The van der Waals surface area contributed by atoms with Crippen LogP contribution in [0.3, 0.4) is 0 Å². The van der Waals surface area contributed by atoms with Crippen molar-refractivity contribution >= 4 is 18.2 Å². The summed E-state index contributed by atoms with van der Waals surface area (Å²) >= 11 is 0. The Hall–Kier alpha value is -2.14. The van der Waals surface area contributed by atoms with E-state index < -0.39 is 6.04 Å². The van der Waals surface area contributed by atoms with Gasteiger partial charge >= 0.3 is 0 Å². The van der Waals surface area contributed by atoms with Crippen LogP contribution in [0.1, 0.15) is 60.3 Å². The minimum Gasteiger partial charge on any atom is -0.350 e. The Bertz CT molecular complexity index is 709. The van der Waals surface area contributed by atoms with E-state index in [9.17, 15) is 14.4 Å². The molecule has 2 aliphatic heterocycles. The van der Waals surface area contributed by atoms with Crippen LogP contribution in [0.15, 0.2) is 0 Å². The normalized spacial score (nSPS) is 28.2. The van der Waals surface area contributed by atoms with Gasteiger partial charge in [-0.2, -0.15) is 5.26 Å². The summed E-state index contributed by atoms with van der Waals surface area (Å²) in [5.41, 5.74) is 0.555. The molecule has 4 aliphatic rings. The largest absolute Gasteiger partial charge is 0.350 e. The van der Waals surface area contributed by atoms with Crippen molar-refractivity contribution in [2.45, 2.75) is 71.9 Å². The van der Waals surface area contributed by atoms with Gasteiger partial charge in [0.1, 0.15) is 6.04 Å². The van der Waals surface area contributed by atoms with Gasteiger partial charge in [-0.1, -0.05) is 34.6 Å². The predicted octanol–water partition coefficient (Wildman–Crippen LogP) is 1.67. The molecule has 2 aliphatic carbocycles. The zero-order valence-electron chi connectivity index (χ0n) is 20.5. The molecule has 4 unspecified atom stereocenters. The second kappa shape index (κ2) is 10.7. The van der Waals surface area contributed by atoms with Crippen LogP contribution < -0.4 is 16.0 Å². The second-order valence-electron chi connectivity index (χ2n) is 11.0. The molecule has 2 heterocycles. The Balaban J connectivity index is 0.000000196. The fourth-order valence-corrected chi connectivity index (χ4v) is 4.77. The molecule has 2 saturated carbocycles. The van der Waals surface area contributed by atoms with Crippen LogP contribution >= 0.6 is 0 Å². The molecule has 180 valence electrons. The maximum atomic E-state index is 11.5. The lowest BCUT2D eigenvalue weighted by atomic mass is 9.96. The van der Waals surface area contributed by atoms with Crippen molar-refractivity contribution in [2.24, 2.45) is 29.1 Å². The van der Waals surface area contributed by atoms with Crippen LogP contribution in [0, 0.1) is 40.4 Å². The molecule has 32 heavy (non-hydrogen) atoms. The topological polar surface area (TPSA) is 114 Å². The highest BCUT2D eigenvalue weighted by Gasteiger charge is 2.62. The van der Waals surface area contributed by atoms with Gasteiger partial charge in [-0.3, -0.25) is 14.4 Å². The van der Waals surface area contributed by atoms with Crippen molar-refractivity contribution in [3.8, 4) is 6.07 Å². The average Bonchev–Trinajstić information content (AvgIpc) is 3.38. The fraction of sp³-hybridized carbons (Fsp3) is 0.833. The Morgan fingerprint density at radius 1 is 1.28 bits per heavy atom. The van der Waals surface area contributed by atoms with Gasteiger partial charge in [-0.25, -0.2) is 0 Å². The average molecular weight is 448 g/mol.